The van der Waals surface area contributed by atoms with Gasteiger partial charge in [-0.3, -0.25) is 19.9 Å². The van der Waals surface area contributed by atoms with E-state index in [0.29, 0.717) is 22.1 Å². The number of aromatic hydroxyl groups is 4. The average molecular weight is 581 g/mol. The molecule has 0 aliphatic rings. The highest BCUT2D eigenvalue weighted by atomic mass is 16.3. The topological polar surface area (TPSA) is 132 Å². The van der Waals surface area contributed by atoms with E-state index in [1.54, 1.807) is 73.3 Å². The van der Waals surface area contributed by atoms with E-state index >= 15 is 0 Å². The third-order valence-electron chi connectivity index (χ3n) is 6.45. The molecule has 8 rings (SSSR count). The molecule has 0 unspecified atom stereocenters. The summed E-state index contributed by atoms with van der Waals surface area (Å²) in [5.41, 5.74) is 2.65. The van der Waals surface area contributed by atoms with Crippen LogP contribution in [-0.2, 0) is 0 Å². The van der Waals surface area contributed by atoms with Crippen molar-refractivity contribution in [3.05, 3.63) is 146 Å². The number of rotatable bonds is 0. The lowest BCUT2D eigenvalue weighted by Crippen LogP contribution is -1.76. The van der Waals surface area contributed by atoms with Crippen LogP contribution in [0, 0.1) is 0 Å². The molecule has 0 fully saturated rings. The van der Waals surface area contributed by atoms with Gasteiger partial charge in [-0.25, -0.2) is 0 Å². The highest BCUT2D eigenvalue weighted by Crippen LogP contribution is 2.23. The molecule has 0 aliphatic heterocycles. The molecule has 216 valence electrons. The third-order valence-corrected chi connectivity index (χ3v) is 6.45. The minimum absolute atomic E-state index is 0.239. The largest absolute Gasteiger partial charge is 0.506 e. The lowest BCUT2D eigenvalue weighted by Gasteiger charge is -1.96. The monoisotopic (exact) mass is 580 g/mol. The smallest absolute Gasteiger partial charge is 0.141 e. The van der Waals surface area contributed by atoms with Gasteiger partial charge in [0.05, 0.1) is 0 Å². The first-order valence-corrected chi connectivity index (χ1v) is 13.6. The first-order valence-electron chi connectivity index (χ1n) is 13.6. The van der Waals surface area contributed by atoms with Gasteiger partial charge in [0.2, 0.25) is 0 Å². The Bertz CT molecular complexity index is 1820. The number of aromatic nitrogens is 4. The second-order valence-corrected chi connectivity index (χ2v) is 9.41. The van der Waals surface area contributed by atoms with Gasteiger partial charge in [0.25, 0.3) is 0 Å². The highest BCUT2D eigenvalue weighted by molar-refractivity contribution is 5.85. The summed E-state index contributed by atoms with van der Waals surface area (Å²) in [4.78, 5) is 16.1. The van der Waals surface area contributed by atoms with Crippen molar-refractivity contribution in [2.45, 2.75) is 0 Å². The van der Waals surface area contributed by atoms with Gasteiger partial charge in [0, 0.05) is 46.3 Å². The van der Waals surface area contributed by atoms with Crippen molar-refractivity contribution in [1.82, 2.24) is 19.9 Å². The number of hydrogen-bond acceptors (Lipinski definition) is 8. The Morgan fingerprint density at radius 1 is 0.273 bits per heavy atom. The summed E-state index contributed by atoms with van der Waals surface area (Å²) in [5.74, 6) is 0.956. The van der Waals surface area contributed by atoms with E-state index in [2.05, 4.69) is 19.9 Å². The van der Waals surface area contributed by atoms with Crippen LogP contribution in [0.1, 0.15) is 0 Å². The summed E-state index contributed by atoms with van der Waals surface area (Å²) in [7, 11) is 0. The van der Waals surface area contributed by atoms with Gasteiger partial charge in [0.15, 0.2) is 0 Å². The van der Waals surface area contributed by atoms with Crippen LogP contribution in [0.25, 0.3) is 43.6 Å². The second-order valence-electron chi connectivity index (χ2n) is 9.41. The SMILES string of the molecule is Oc1cccc2cccnc12.Oc1cccc2cccnc12.Oc1cccc2cccnc12.Oc1cccc2cccnc12. The summed E-state index contributed by atoms with van der Waals surface area (Å²) in [6.45, 7) is 0. The van der Waals surface area contributed by atoms with Crippen LogP contribution in [0.3, 0.4) is 0 Å². The number of phenolic OH excluding ortho intramolecular Hbond substituents is 4. The molecular weight excluding hydrogens is 552 g/mol. The average Bonchev–Trinajstić information content (AvgIpc) is 3.07. The number of phenols is 4. The van der Waals surface area contributed by atoms with Crippen molar-refractivity contribution < 1.29 is 20.4 Å². The molecule has 0 amide bonds. The fourth-order valence-corrected chi connectivity index (χ4v) is 4.35. The van der Waals surface area contributed by atoms with E-state index < -0.39 is 0 Å². The van der Waals surface area contributed by atoms with Crippen LogP contribution >= 0.6 is 0 Å². The van der Waals surface area contributed by atoms with Gasteiger partial charge in [-0.15, -0.1) is 0 Å². The third kappa shape index (κ3) is 7.13. The van der Waals surface area contributed by atoms with Gasteiger partial charge >= 0.3 is 0 Å². The van der Waals surface area contributed by atoms with Crippen molar-refractivity contribution in [3.8, 4) is 23.0 Å². The zero-order valence-electron chi connectivity index (χ0n) is 23.4. The zero-order valence-corrected chi connectivity index (χ0v) is 23.4. The molecule has 0 atom stereocenters. The molecule has 44 heavy (non-hydrogen) atoms. The summed E-state index contributed by atoms with van der Waals surface area (Å²) >= 11 is 0. The molecule has 0 saturated heterocycles. The van der Waals surface area contributed by atoms with Gasteiger partial charge in [-0.2, -0.15) is 0 Å². The van der Waals surface area contributed by atoms with Crippen molar-refractivity contribution in [2.75, 3.05) is 0 Å². The number of para-hydroxylation sites is 4. The summed E-state index contributed by atoms with van der Waals surface area (Å²) < 4.78 is 0. The van der Waals surface area contributed by atoms with Gasteiger partial charge < -0.3 is 20.4 Å². The van der Waals surface area contributed by atoms with Crippen LogP contribution in [0.15, 0.2) is 146 Å². The summed E-state index contributed by atoms with van der Waals surface area (Å²) in [6.07, 6.45) is 6.67. The minimum Gasteiger partial charge on any atom is -0.506 e. The van der Waals surface area contributed by atoms with E-state index in [9.17, 15) is 20.4 Å². The Hall–Kier alpha value is -6.28. The van der Waals surface area contributed by atoms with E-state index in [1.807, 2.05) is 72.8 Å². The highest BCUT2D eigenvalue weighted by Gasteiger charge is 1.99. The van der Waals surface area contributed by atoms with Crippen LogP contribution in [0.5, 0.6) is 23.0 Å². The lowest BCUT2D eigenvalue weighted by atomic mass is 10.2. The number of nitrogens with zero attached hydrogens (tertiary/aromatic N) is 4. The quantitative estimate of drug-likeness (QED) is 0.143. The van der Waals surface area contributed by atoms with E-state index in [0.717, 1.165) is 21.5 Å². The summed E-state index contributed by atoms with van der Waals surface area (Å²) in [6, 6.07) is 36.5. The van der Waals surface area contributed by atoms with Gasteiger partial charge in [0.1, 0.15) is 45.1 Å². The molecule has 4 N–H and O–H groups in total. The molecule has 0 bridgehead atoms. The van der Waals surface area contributed by atoms with Crippen LogP contribution < -0.4 is 0 Å². The first-order chi connectivity index (χ1) is 21.5. The molecular formula is C36H28N4O4. The van der Waals surface area contributed by atoms with Crippen LogP contribution in [-0.4, -0.2) is 40.4 Å². The number of pyridine rings is 4. The Morgan fingerprint density at radius 3 is 0.682 bits per heavy atom. The van der Waals surface area contributed by atoms with Crippen molar-refractivity contribution >= 4 is 43.6 Å². The molecule has 4 heterocycles. The molecule has 0 aliphatic carbocycles. The van der Waals surface area contributed by atoms with Crippen molar-refractivity contribution in [2.24, 2.45) is 0 Å². The molecule has 4 aromatic carbocycles. The fraction of sp³-hybridized carbons (Fsp3) is 0. The molecule has 8 nitrogen and oxygen atoms in total. The Balaban J connectivity index is 0.000000116. The molecule has 0 radical (unpaired) electrons. The number of benzene rings is 4. The standard InChI is InChI=1S/4C9H7NO/c4*11-8-5-1-3-7-4-2-6-10-9(7)8/h4*1-6,11H. The number of fused-ring (bicyclic) bond motifs is 4. The van der Waals surface area contributed by atoms with E-state index in [-0.39, 0.29) is 23.0 Å². The van der Waals surface area contributed by atoms with Gasteiger partial charge in [-0.05, 0) is 48.5 Å². The maximum absolute atomic E-state index is 9.31. The molecule has 8 aromatic rings. The zero-order chi connectivity index (χ0) is 30.7. The van der Waals surface area contributed by atoms with Crippen molar-refractivity contribution in [1.29, 1.82) is 0 Å². The normalized spacial score (nSPS) is 10.2. The second kappa shape index (κ2) is 14.1. The predicted octanol–water partition coefficient (Wildman–Crippen LogP) is 7.76. The maximum Gasteiger partial charge on any atom is 0.141 e. The van der Waals surface area contributed by atoms with Crippen molar-refractivity contribution in [3.63, 3.8) is 0 Å². The Morgan fingerprint density at radius 2 is 0.477 bits per heavy atom. The Labute approximate surface area is 252 Å². The maximum atomic E-state index is 9.31. The lowest BCUT2D eigenvalue weighted by molar-refractivity contribution is 0.480. The molecule has 0 spiro atoms. The van der Waals surface area contributed by atoms with Gasteiger partial charge in [-0.1, -0.05) is 72.8 Å². The van der Waals surface area contributed by atoms with Crippen LogP contribution in [0.4, 0.5) is 0 Å². The van der Waals surface area contributed by atoms with Crippen LogP contribution in [0.2, 0.25) is 0 Å². The summed E-state index contributed by atoms with van der Waals surface area (Å²) in [5, 5.41) is 41.1. The van der Waals surface area contributed by atoms with E-state index in [4.69, 9.17) is 0 Å². The molecule has 8 heteroatoms. The molecule has 4 aromatic heterocycles. The number of hydrogen-bond donors (Lipinski definition) is 4. The predicted molar refractivity (Wildman–Crippen MR) is 174 cm³/mol. The minimum atomic E-state index is 0.239. The fourth-order valence-electron chi connectivity index (χ4n) is 4.35. The first kappa shape index (κ1) is 29.2. The Kier molecular flexibility index (Phi) is 9.34. The molecule has 0 saturated carbocycles. The van der Waals surface area contributed by atoms with E-state index in [1.165, 1.54) is 0 Å².